The quantitative estimate of drug-likeness (QED) is 0.00862. The third-order valence-electron chi connectivity index (χ3n) is 23.0. The minimum atomic E-state index is -0.411. The third-order valence-corrected chi connectivity index (χ3v) is 25.1. The standard InChI is InChI=1S/C92H116N6O14S2/c1-5-9-11-21-55-97(91-95-79-27-17-19-29-83(79)113-91)93-63-73-61-77(51-53-81(73)105-57-23-13-15-25-59-107-85(99)7-3)111-89(103)71-43-35-67(36-44-71)65-31-39-69(40-32-65)87(101)109-75-47-49-76(50-48-75)110-88(102)70-41-33-66(34-42-70)68-37-45-72(46-38-68)90(104)112-78-52-54-82(106-58-24-14-16-26-60-108-86(100)8-4)74(62-78)64-94-98(56-22-12-10-6-2)92-96-80-28-18-20-30-84(80)114-92/h7-8,17-20,27-30,47-54,61-72H,3-6,9-16,21-26,31-46,55-60H2,1-2H3/b93-63+,94-64+. The van der Waals surface area contributed by atoms with E-state index < -0.39 is 11.9 Å². The number of benzene rings is 5. The summed E-state index contributed by atoms with van der Waals surface area (Å²) in [5, 5.41) is 15.6. The van der Waals surface area contributed by atoms with Gasteiger partial charge in [-0.2, -0.15) is 10.2 Å². The molecule has 22 heteroatoms. The number of nitrogens with zero attached hydrogens (tertiary/aromatic N) is 6. The second kappa shape index (κ2) is 45.7. The summed E-state index contributed by atoms with van der Waals surface area (Å²) in [5.41, 5.74) is 3.26. The van der Waals surface area contributed by atoms with E-state index in [2.05, 4.69) is 39.1 Å². The average molecular weight is 1590 g/mol. The monoisotopic (exact) mass is 1590 g/mol. The molecule has 11 rings (SSSR count). The summed E-state index contributed by atoms with van der Waals surface area (Å²) in [6.45, 7) is 14.4. The summed E-state index contributed by atoms with van der Waals surface area (Å²) < 4.78 is 49.3. The number of rotatable bonds is 44. The van der Waals surface area contributed by atoms with Crippen molar-refractivity contribution in [2.24, 2.45) is 57.5 Å². The first-order valence-electron chi connectivity index (χ1n) is 42.2. The van der Waals surface area contributed by atoms with E-state index in [1.807, 2.05) is 70.7 Å². The summed E-state index contributed by atoms with van der Waals surface area (Å²) in [6.07, 6.45) is 34.7. The van der Waals surface area contributed by atoms with Crippen molar-refractivity contribution in [3.63, 3.8) is 0 Å². The zero-order valence-corrected chi connectivity index (χ0v) is 68.5. The summed E-state index contributed by atoms with van der Waals surface area (Å²) in [4.78, 5) is 87.8. The molecule has 0 radical (unpaired) electrons. The van der Waals surface area contributed by atoms with Crippen LogP contribution in [-0.4, -0.2) is 97.7 Å². The number of aromatic nitrogens is 2. The Morgan fingerprint density at radius 1 is 0.395 bits per heavy atom. The van der Waals surface area contributed by atoms with E-state index in [1.54, 1.807) is 71.5 Å². The molecule has 2 heterocycles. The Morgan fingerprint density at radius 2 is 0.711 bits per heavy atom. The van der Waals surface area contributed by atoms with Crippen LogP contribution in [-0.2, 0) is 38.2 Å². The van der Waals surface area contributed by atoms with Crippen LogP contribution in [0.5, 0.6) is 34.5 Å². The molecule has 4 aliphatic rings. The van der Waals surface area contributed by atoms with Crippen LogP contribution in [0.25, 0.3) is 20.4 Å². The van der Waals surface area contributed by atoms with Crippen molar-refractivity contribution >= 4 is 102 Å². The largest absolute Gasteiger partial charge is 0.493 e. The Labute approximate surface area is 680 Å². The predicted octanol–water partition coefficient (Wildman–Crippen LogP) is 21.3. The molecule has 0 amide bonds. The van der Waals surface area contributed by atoms with E-state index in [4.69, 9.17) is 58.1 Å². The molecule has 610 valence electrons. The summed E-state index contributed by atoms with van der Waals surface area (Å²) in [5.74, 6) is 2.31. The van der Waals surface area contributed by atoms with Crippen LogP contribution < -0.4 is 38.4 Å². The number of fused-ring (bicyclic) bond motifs is 2. The number of unbranched alkanes of at least 4 members (excludes halogenated alkanes) is 12. The number of hydrazone groups is 2. The molecule has 0 aliphatic heterocycles. The van der Waals surface area contributed by atoms with E-state index in [0.717, 1.165) is 236 Å². The Bertz CT molecular complexity index is 3960. The van der Waals surface area contributed by atoms with Gasteiger partial charge in [0.15, 0.2) is 0 Å². The number of thiazole rings is 2. The molecular weight excluding hydrogens is 1480 g/mol. The molecule has 114 heavy (non-hydrogen) atoms. The van der Waals surface area contributed by atoms with E-state index >= 15 is 0 Å². The number of carbonyl (C=O) groups is 6. The number of ether oxygens (including phenoxy) is 8. The SMILES string of the molecule is C=CC(=O)OCCCCCCOc1ccc(OC(=O)C2CCC(C3CCC(C(=O)Oc4ccc(OC(=O)C5CCC(C6CCC(C(=O)Oc7ccc(OCCCCCCOC(=O)C=C)c(/C=N/N(CCCCCC)c8nc9ccccc9s8)c7)CC6)CC5)cc4)CC3)CC2)cc1/C=N/N(CCCCCC)c1nc2ccccc2s1. The second-order valence-electron chi connectivity index (χ2n) is 31.1. The number of para-hydroxylation sites is 2. The normalized spacial score (nSPS) is 19.7. The van der Waals surface area contributed by atoms with Gasteiger partial charge in [0.2, 0.25) is 10.3 Å². The molecule has 4 fully saturated rings. The predicted molar refractivity (Wildman–Crippen MR) is 451 cm³/mol. The van der Waals surface area contributed by atoms with Gasteiger partial charge in [0, 0.05) is 36.4 Å². The van der Waals surface area contributed by atoms with Gasteiger partial charge in [-0.15, -0.1) is 0 Å². The molecule has 4 saturated carbocycles. The molecular formula is C92H116N6O14S2. The first-order chi connectivity index (χ1) is 55.8. The van der Waals surface area contributed by atoms with Gasteiger partial charge in [-0.05, 0) is 276 Å². The van der Waals surface area contributed by atoms with Gasteiger partial charge >= 0.3 is 35.8 Å². The fourth-order valence-corrected chi connectivity index (χ4v) is 18.2. The molecule has 0 spiro atoms. The van der Waals surface area contributed by atoms with Gasteiger partial charge in [-0.3, -0.25) is 19.2 Å². The van der Waals surface area contributed by atoms with E-state index in [1.165, 1.54) is 12.2 Å². The first-order valence-corrected chi connectivity index (χ1v) is 43.9. The van der Waals surface area contributed by atoms with Crippen LogP contribution in [0.1, 0.15) is 230 Å². The minimum absolute atomic E-state index is 0.203. The van der Waals surface area contributed by atoms with Crippen LogP contribution in [0.2, 0.25) is 0 Å². The number of hydrogen-bond acceptors (Lipinski definition) is 22. The number of anilines is 2. The van der Waals surface area contributed by atoms with Crippen LogP contribution in [0, 0.1) is 47.3 Å². The maximum atomic E-state index is 13.9. The Kier molecular flexibility index (Phi) is 34.3. The molecule has 5 aromatic carbocycles. The topological polar surface area (TPSA) is 233 Å². The molecule has 4 aliphatic carbocycles. The molecule has 0 saturated heterocycles. The molecule has 20 nitrogen and oxygen atoms in total. The van der Waals surface area contributed by atoms with Crippen LogP contribution >= 0.6 is 22.7 Å². The van der Waals surface area contributed by atoms with Gasteiger partial charge in [0.1, 0.15) is 34.5 Å². The maximum Gasteiger partial charge on any atom is 0.330 e. The van der Waals surface area contributed by atoms with Gasteiger partial charge < -0.3 is 37.9 Å². The fraction of sp³-hybridized carbons (Fsp3) is 0.522. The minimum Gasteiger partial charge on any atom is -0.493 e. The lowest BCUT2D eigenvalue weighted by molar-refractivity contribution is -0.142. The van der Waals surface area contributed by atoms with Crippen molar-refractivity contribution < 1.29 is 66.7 Å². The number of carbonyl (C=O) groups excluding carboxylic acids is 6. The molecule has 0 N–H and O–H groups in total. The second-order valence-corrected chi connectivity index (χ2v) is 33.1. The van der Waals surface area contributed by atoms with Crippen molar-refractivity contribution in [3.8, 4) is 34.5 Å². The molecule has 0 atom stereocenters. The van der Waals surface area contributed by atoms with Gasteiger partial charge in [0.05, 0.1) is 83.0 Å². The summed E-state index contributed by atoms with van der Waals surface area (Å²) in [6, 6.07) is 34.0. The van der Waals surface area contributed by atoms with E-state index in [0.29, 0.717) is 109 Å². The number of esters is 6. The molecule has 0 bridgehead atoms. The lowest BCUT2D eigenvalue weighted by Gasteiger charge is -2.36. The van der Waals surface area contributed by atoms with Crippen LogP contribution in [0.15, 0.2) is 145 Å². The Hall–Kier alpha value is -9.28. The van der Waals surface area contributed by atoms with Gasteiger partial charge in [-0.1, -0.05) is 112 Å². The average Bonchev–Trinajstić information content (AvgIpc) is 1.59. The van der Waals surface area contributed by atoms with Crippen molar-refractivity contribution in [2.45, 2.75) is 219 Å². The van der Waals surface area contributed by atoms with Crippen molar-refractivity contribution in [1.82, 2.24) is 9.97 Å². The summed E-state index contributed by atoms with van der Waals surface area (Å²) in [7, 11) is 0. The fourth-order valence-electron chi connectivity index (χ4n) is 16.3. The molecule has 7 aromatic rings. The lowest BCUT2D eigenvalue weighted by Crippen LogP contribution is -2.32. The van der Waals surface area contributed by atoms with Gasteiger partial charge in [0.25, 0.3) is 0 Å². The van der Waals surface area contributed by atoms with E-state index in [9.17, 15) is 28.8 Å². The van der Waals surface area contributed by atoms with E-state index in [-0.39, 0.29) is 47.5 Å². The highest BCUT2D eigenvalue weighted by molar-refractivity contribution is 7.22. The van der Waals surface area contributed by atoms with Crippen molar-refractivity contribution in [1.29, 1.82) is 0 Å². The zero-order chi connectivity index (χ0) is 79.6. The maximum absolute atomic E-state index is 13.9. The zero-order valence-electron chi connectivity index (χ0n) is 66.8. The van der Waals surface area contributed by atoms with Crippen molar-refractivity contribution in [3.05, 3.63) is 146 Å². The number of hydrogen-bond donors (Lipinski definition) is 0. The Balaban J connectivity index is 0.593. The van der Waals surface area contributed by atoms with Crippen LogP contribution in [0.4, 0.5) is 10.3 Å². The molecule has 0 unspecified atom stereocenters. The highest BCUT2D eigenvalue weighted by atomic mass is 32.1. The van der Waals surface area contributed by atoms with Crippen molar-refractivity contribution in [2.75, 3.05) is 49.5 Å². The molecule has 2 aromatic heterocycles. The third kappa shape index (κ3) is 26.4. The first kappa shape index (κ1) is 85.6. The van der Waals surface area contributed by atoms with Gasteiger partial charge in [-0.25, -0.2) is 29.6 Å². The Morgan fingerprint density at radius 3 is 1.04 bits per heavy atom. The van der Waals surface area contributed by atoms with Crippen LogP contribution in [0.3, 0.4) is 0 Å². The highest BCUT2D eigenvalue weighted by Crippen LogP contribution is 2.45. The summed E-state index contributed by atoms with van der Waals surface area (Å²) >= 11 is 3.22. The highest BCUT2D eigenvalue weighted by Gasteiger charge is 2.38. The smallest absolute Gasteiger partial charge is 0.330 e. The lowest BCUT2D eigenvalue weighted by atomic mass is 9.69.